The Bertz CT molecular complexity index is 174. The monoisotopic (exact) mass is 154 g/mol. The highest BCUT2D eigenvalue weighted by Gasteiger charge is 2.41. The molecule has 0 spiro atoms. The van der Waals surface area contributed by atoms with Crippen LogP contribution in [-0.4, -0.2) is 17.0 Å². The van der Waals surface area contributed by atoms with E-state index < -0.39 is 0 Å². The molecular weight excluding hydrogens is 140 g/mol. The van der Waals surface area contributed by atoms with Gasteiger partial charge in [0, 0.05) is 12.3 Å². The highest BCUT2D eigenvalue weighted by atomic mass is 16.3. The van der Waals surface area contributed by atoms with Gasteiger partial charge in [0.1, 0.15) is 5.78 Å². The highest BCUT2D eigenvalue weighted by molar-refractivity contribution is 5.82. The lowest BCUT2D eigenvalue weighted by atomic mass is 9.80. The van der Waals surface area contributed by atoms with Gasteiger partial charge < -0.3 is 5.11 Å². The summed E-state index contributed by atoms with van der Waals surface area (Å²) in [5.41, 5.74) is 0. The summed E-state index contributed by atoms with van der Waals surface area (Å²) in [5.74, 6) is 0.848. The van der Waals surface area contributed by atoms with E-state index in [9.17, 15) is 9.90 Å². The second-order valence-corrected chi connectivity index (χ2v) is 3.79. The maximum atomic E-state index is 11.3. The van der Waals surface area contributed by atoms with Crippen molar-refractivity contribution in [1.29, 1.82) is 0 Å². The van der Waals surface area contributed by atoms with Crippen LogP contribution in [0.2, 0.25) is 0 Å². The largest absolute Gasteiger partial charge is 0.392 e. The van der Waals surface area contributed by atoms with E-state index in [1.54, 1.807) is 0 Å². The first kappa shape index (κ1) is 7.29. The summed E-state index contributed by atoms with van der Waals surface area (Å²) in [6, 6.07) is 0. The Labute approximate surface area is 66.6 Å². The second-order valence-electron chi connectivity index (χ2n) is 3.79. The van der Waals surface area contributed by atoms with E-state index in [2.05, 4.69) is 0 Å². The average Bonchev–Trinajstić information content (AvgIpc) is 2.34. The van der Waals surface area contributed by atoms with Gasteiger partial charge in [0.05, 0.1) is 6.10 Å². The number of carbonyl (C=O) groups excluding carboxylic acids is 1. The first-order valence-electron chi connectivity index (χ1n) is 4.50. The van der Waals surface area contributed by atoms with Gasteiger partial charge in [0.15, 0.2) is 0 Å². The minimum atomic E-state index is -0.312. The van der Waals surface area contributed by atoms with E-state index in [4.69, 9.17) is 0 Å². The molecule has 1 N–H and O–H groups in total. The summed E-state index contributed by atoms with van der Waals surface area (Å²) in [4.78, 5) is 11.3. The zero-order valence-corrected chi connectivity index (χ0v) is 6.62. The van der Waals surface area contributed by atoms with Crippen LogP contribution in [0.1, 0.15) is 32.1 Å². The van der Waals surface area contributed by atoms with Crippen LogP contribution in [0.5, 0.6) is 0 Å². The van der Waals surface area contributed by atoms with Crippen molar-refractivity contribution >= 4 is 5.78 Å². The summed E-state index contributed by atoms with van der Waals surface area (Å²) < 4.78 is 0. The van der Waals surface area contributed by atoms with Crippen LogP contribution in [0.25, 0.3) is 0 Å². The van der Waals surface area contributed by atoms with Gasteiger partial charge in [-0.2, -0.15) is 0 Å². The van der Waals surface area contributed by atoms with Crippen LogP contribution in [0.3, 0.4) is 0 Å². The van der Waals surface area contributed by atoms with E-state index in [0.717, 1.165) is 25.7 Å². The number of rotatable bonds is 0. The molecule has 0 aromatic heterocycles. The number of fused-ring (bicyclic) bond motifs is 1. The summed E-state index contributed by atoms with van der Waals surface area (Å²) in [6.07, 6.45) is 4.52. The molecule has 2 nitrogen and oxygen atoms in total. The molecule has 0 amide bonds. The Morgan fingerprint density at radius 2 is 2.09 bits per heavy atom. The van der Waals surface area contributed by atoms with Gasteiger partial charge in [0.2, 0.25) is 0 Å². The molecule has 0 aliphatic heterocycles. The van der Waals surface area contributed by atoms with E-state index in [1.807, 2.05) is 0 Å². The lowest BCUT2D eigenvalue weighted by molar-refractivity contribution is -0.128. The van der Waals surface area contributed by atoms with Crippen molar-refractivity contribution < 1.29 is 9.90 Å². The number of ketones is 1. The summed E-state index contributed by atoms with van der Waals surface area (Å²) in [6.45, 7) is 0. The average molecular weight is 154 g/mol. The number of aliphatic hydroxyl groups excluding tert-OH is 1. The topological polar surface area (TPSA) is 37.3 Å². The third-order valence-electron chi connectivity index (χ3n) is 3.13. The third-order valence-corrected chi connectivity index (χ3v) is 3.13. The molecule has 0 aromatic carbocycles. The van der Waals surface area contributed by atoms with Crippen molar-refractivity contribution in [2.45, 2.75) is 38.2 Å². The van der Waals surface area contributed by atoms with Crippen molar-refractivity contribution in [3.8, 4) is 0 Å². The van der Waals surface area contributed by atoms with E-state index in [-0.39, 0.29) is 12.0 Å². The van der Waals surface area contributed by atoms with Gasteiger partial charge in [0.25, 0.3) is 0 Å². The third kappa shape index (κ3) is 1.09. The van der Waals surface area contributed by atoms with Crippen molar-refractivity contribution in [3.63, 3.8) is 0 Å². The minimum absolute atomic E-state index is 0.0174. The highest BCUT2D eigenvalue weighted by Crippen LogP contribution is 2.40. The molecule has 2 heteroatoms. The minimum Gasteiger partial charge on any atom is -0.392 e. The van der Waals surface area contributed by atoms with Gasteiger partial charge in [-0.05, 0) is 31.6 Å². The molecule has 11 heavy (non-hydrogen) atoms. The maximum Gasteiger partial charge on any atom is 0.138 e. The Morgan fingerprint density at radius 1 is 1.27 bits per heavy atom. The van der Waals surface area contributed by atoms with Gasteiger partial charge in [-0.3, -0.25) is 4.79 Å². The number of aliphatic hydroxyl groups is 1. The molecule has 62 valence electrons. The summed E-state index contributed by atoms with van der Waals surface area (Å²) in [5, 5.41) is 9.47. The molecule has 0 heterocycles. The van der Waals surface area contributed by atoms with Crippen LogP contribution >= 0.6 is 0 Å². The zero-order valence-electron chi connectivity index (χ0n) is 6.62. The molecular formula is C9H14O2. The van der Waals surface area contributed by atoms with Crippen LogP contribution < -0.4 is 0 Å². The predicted molar refractivity (Wildman–Crippen MR) is 41.1 cm³/mol. The van der Waals surface area contributed by atoms with Crippen LogP contribution in [0, 0.1) is 11.8 Å². The fraction of sp³-hybridized carbons (Fsp3) is 0.889. The SMILES string of the molecule is O=C1CCCC2CCC(O)C12. The maximum absolute atomic E-state index is 11.3. The van der Waals surface area contributed by atoms with E-state index in [1.165, 1.54) is 0 Å². The van der Waals surface area contributed by atoms with Gasteiger partial charge in [-0.25, -0.2) is 0 Å². The fourth-order valence-corrected chi connectivity index (χ4v) is 2.56. The first-order valence-corrected chi connectivity index (χ1v) is 4.50. The number of hydrogen-bond donors (Lipinski definition) is 1. The quantitative estimate of drug-likeness (QED) is 0.568. The molecule has 2 aliphatic carbocycles. The second kappa shape index (κ2) is 2.59. The summed E-state index contributed by atoms with van der Waals surface area (Å²) >= 11 is 0. The molecule has 3 unspecified atom stereocenters. The van der Waals surface area contributed by atoms with Crippen LogP contribution in [0.15, 0.2) is 0 Å². The lowest BCUT2D eigenvalue weighted by Gasteiger charge is -2.25. The van der Waals surface area contributed by atoms with Crippen molar-refractivity contribution in [3.05, 3.63) is 0 Å². The molecule has 2 aliphatic rings. The number of Topliss-reactive ketones (excluding diaryl/α,β-unsaturated/α-hetero) is 1. The fourth-order valence-electron chi connectivity index (χ4n) is 2.56. The van der Waals surface area contributed by atoms with Gasteiger partial charge >= 0.3 is 0 Å². The Kier molecular flexibility index (Phi) is 1.72. The molecule has 0 saturated heterocycles. The molecule has 2 fully saturated rings. The van der Waals surface area contributed by atoms with Gasteiger partial charge in [-0.1, -0.05) is 0 Å². The number of carbonyl (C=O) groups is 1. The number of hydrogen-bond acceptors (Lipinski definition) is 2. The Morgan fingerprint density at radius 3 is 2.82 bits per heavy atom. The van der Waals surface area contributed by atoms with E-state index in [0.29, 0.717) is 18.1 Å². The molecule has 2 rings (SSSR count). The van der Waals surface area contributed by atoms with Crippen LogP contribution in [-0.2, 0) is 4.79 Å². The molecule has 3 atom stereocenters. The smallest absolute Gasteiger partial charge is 0.138 e. The normalized spacial score (nSPS) is 44.1. The van der Waals surface area contributed by atoms with Crippen molar-refractivity contribution in [2.24, 2.45) is 11.8 Å². The predicted octanol–water partition coefficient (Wildman–Crippen LogP) is 1.13. The molecule has 0 radical (unpaired) electrons. The van der Waals surface area contributed by atoms with Gasteiger partial charge in [-0.15, -0.1) is 0 Å². The summed E-state index contributed by atoms with van der Waals surface area (Å²) in [7, 11) is 0. The molecule has 2 saturated carbocycles. The first-order chi connectivity index (χ1) is 5.29. The van der Waals surface area contributed by atoms with Crippen LogP contribution in [0.4, 0.5) is 0 Å². The molecule has 0 aromatic rings. The standard InChI is InChI=1S/C9H14O2/c10-7-3-1-2-6-4-5-8(11)9(6)7/h6,8-9,11H,1-5H2. The Hall–Kier alpha value is -0.370. The zero-order chi connectivity index (χ0) is 7.84. The Balaban J connectivity index is 2.14. The van der Waals surface area contributed by atoms with E-state index >= 15 is 0 Å². The van der Waals surface area contributed by atoms with Crippen molar-refractivity contribution in [2.75, 3.05) is 0 Å². The molecule has 0 bridgehead atoms. The van der Waals surface area contributed by atoms with Crippen molar-refractivity contribution in [1.82, 2.24) is 0 Å². The lowest BCUT2D eigenvalue weighted by Crippen LogP contribution is -2.31.